The number of benzene rings is 2. The Morgan fingerprint density at radius 2 is 1.46 bits per heavy atom. The van der Waals surface area contributed by atoms with Crippen LogP contribution in [0.5, 0.6) is 0 Å². The van der Waals surface area contributed by atoms with Gasteiger partial charge in [0.25, 0.3) is 0 Å². The molecular weight excluding hydrogens is 344 g/mol. The fraction of sp³-hybridized carbons (Fsp3) is 0.238. The summed E-state index contributed by atoms with van der Waals surface area (Å²) in [6.45, 7) is 6.12. The molecule has 0 saturated heterocycles. The first-order valence-electron chi connectivity index (χ1n) is 8.44. The summed E-state index contributed by atoms with van der Waals surface area (Å²) < 4.78 is 11.2. The van der Waals surface area contributed by atoms with Crippen molar-refractivity contribution in [1.29, 1.82) is 0 Å². The molecular formula is C21H24O4Si. The monoisotopic (exact) mass is 368 g/mol. The number of allylic oxidation sites excluding steroid dienone is 1. The van der Waals surface area contributed by atoms with Gasteiger partial charge in [-0.3, -0.25) is 4.79 Å². The first-order valence-corrected chi connectivity index (χ1v) is 11.8. The van der Waals surface area contributed by atoms with Crippen molar-refractivity contribution in [2.45, 2.75) is 25.7 Å². The number of rotatable bonds is 7. The molecule has 0 N–H and O–H groups in total. The molecule has 0 heterocycles. The number of hydrogen-bond acceptors (Lipinski definition) is 4. The molecule has 26 heavy (non-hydrogen) atoms. The molecule has 0 fully saturated rings. The van der Waals surface area contributed by atoms with Gasteiger partial charge in [-0.05, 0) is 31.3 Å². The van der Waals surface area contributed by atoms with Crippen LogP contribution in [-0.4, -0.2) is 27.2 Å². The fourth-order valence-electron chi connectivity index (χ4n) is 2.48. The summed E-state index contributed by atoms with van der Waals surface area (Å²) in [7, 11) is -0.709. The van der Waals surface area contributed by atoms with E-state index >= 15 is 0 Å². The Labute approximate surface area is 155 Å². The Bertz CT molecular complexity index is 777. The zero-order valence-corrected chi connectivity index (χ0v) is 16.6. The van der Waals surface area contributed by atoms with E-state index in [4.69, 9.17) is 9.16 Å². The van der Waals surface area contributed by atoms with Crippen LogP contribution in [0.3, 0.4) is 0 Å². The smallest absolute Gasteiger partial charge is 0.336 e. The minimum absolute atomic E-state index is 0.204. The molecule has 136 valence electrons. The SMILES string of the molecule is COC(=O)/C(=C\C(=O)c1ccccc1)C(O[Si](C)(C)C)c1ccccc1. The van der Waals surface area contributed by atoms with E-state index in [1.165, 1.54) is 13.2 Å². The lowest BCUT2D eigenvalue weighted by Crippen LogP contribution is -2.31. The number of ketones is 1. The van der Waals surface area contributed by atoms with Crippen LogP contribution in [0.2, 0.25) is 19.6 Å². The summed E-state index contributed by atoms with van der Waals surface area (Å²) >= 11 is 0. The summed E-state index contributed by atoms with van der Waals surface area (Å²) in [4.78, 5) is 25.1. The minimum atomic E-state index is -2.01. The molecule has 0 spiro atoms. The van der Waals surface area contributed by atoms with Gasteiger partial charge in [0, 0.05) is 5.56 Å². The second-order valence-corrected chi connectivity index (χ2v) is 11.3. The Balaban J connectivity index is 2.51. The van der Waals surface area contributed by atoms with E-state index in [2.05, 4.69) is 0 Å². The fourth-order valence-corrected chi connectivity index (χ4v) is 3.45. The average molecular weight is 369 g/mol. The molecule has 0 aliphatic rings. The van der Waals surface area contributed by atoms with E-state index in [0.717, 1.165) is 5.56 Å². The molecule has 2 aromatic carbocycles. The van der Waals surface area contributed by atoms with Crippen LogP contribution in [0.1, 0.15) is 22.0 Å². The second kappa shape index (κ2) is 8.74. The Kier molecular flexibility index (Phi) is 6.66. The van der Waals surface area contributed by atoms with Gasteiger partial charge in [0.05, 0.1) is 12.7 Å². The van der Waals surface area contributed by atoms with Crippen LogP contribution in [0, 0.1) is 0 Å². The van der Waals surface area contributed by atoms with Crippen molar-refractivity contribution in [3.63, 3.8) is 0 Å². The number of carbonyl (C=O) groups excluding carboxylic acids is 2. The predicted octanol–water partition coefficient (Wildman–Crippen LogP) is 4.56. The highest BCUT2D eigenvalue weighted by atomic mass is 28.4. The van der Waals surface area contributed by atoms with Crippen molar-refractivity contribution in [1.82, 2.24) is 0 Å². The average Bonchev–Trinajstić information content (AvgIpc) is 2.64. The third-order valence-electron chi connectivity index (χ3n) is 3.62. The highest BCUT2D eigenvalue weighted by Crippen LogP contribution is 2.30. The molecule has 1 atom stereocenters. The van der Waals surface area contributed by atoms with E-state index in [0.29, 0.717) is 5.56 Å². The maximum Gasteiger partial charge on any atom is 0.336 e. The van der Waals surface area contributed by atoms with Crippen molar-refractivity contribution < 1.29 is 18.8 Å². The molecule has 5 heteroatoms. The molecule has 1 unspecified atom stereocenters. The summed E-state index contributed by atoms with van der Waals surface area (Å²) in [5.41, 5.74) is 1.52. The molecule has 2 rings (SSSR count). The molecule has 0 amide bonds. The zero-order valence-electron chi connectivity index (χ0n) is 15.6. The third kappa shape index (κ3) is 5.51. The van der Waals surface area contributed by atoms with Crippen molar-refractivity contribution in [2.75, 3.05) is 7.11 Å². The number of carbonyl (C=O) groups is 2. The van der Waals surface area contributed by atoms with Crippen molar-refractivity contribution >= 4 is 20.1 Å². The maximum absolute atomic E-state index is 12.6. The van der Waals surface area contributed by atoms with Gasteiger partial charge >= 0.3 is 5.97 Å². The van der Waals surface area contributed by atoms with Gasteiger partial charge in [-0.2, -0.15) is 0 Å². The summed E-state index contributed by atoms with van der Waals surface area (Å²) in [5.74, 6) is -0.826. The number of hydrogen-bond donors (Lipinski definition) is 0. The van der Waals surface area contributed by atoms with Gasteiger partial charge in [-0.15, -0.1) is 0 Å². The molecule has 0 aliphatic carbocycles. The third-order valence-corrected chi connectivity index (χ3v) is 4.57. The standard InChI is InChI=1S/C21H24O4Si/c1-24-21(23)18(15-19(22)16-11-7-5-8-12-16)20(25-26(2,3)4)17-13-9-6-10-14-17/h5-15,20H,1-4H3/b18-15-. The number of methoxy groups -OCH3 is 1. The lowest BCUT2D eigenvalue weighted by Gasteiger charge is -2.27. The largest absolute Gasteiger partial charge is 0.466 e. The topological polar surface area (TPSA) is 52.6 Å². The summed E-state index contributed by atoms with van der Waals surface area (Å²) in [6, 6.07) is 18.2. The van der Waals surface area contributed by atoms with Crippen LogP contribution in [0.4, 0.5) is 0 Å². The van der Waals surface area contributed by atoms with Crippen LogP contribution >= 0.6 is 0 Å². The van der Waals surface area contributed by atoms with E-state index in [-0.39, 0.29) is 11.4 Å². The van der Waals surface area contributed by atoms with E-state index in [1.807, 2.05) is 56.0 Å². The molecule has 0 bridgehead atoms. The first kappa shape index (κ1) is 19.8. The molecule has 0 saturated carbocycles. The van der Waals surface area contributed by atoms with Gasteiger partial charge in [0.2, 0.25) is 0 Å². The van der Waals surface area contributed by atoms with Gasteiger partial charge in [0.1, 0.15) is 6.10 Å². The summed E-state index contributed by atoms with van der Waals surface area (Å²) in [5, 5.41) is 0. The highest BCUT2D eigenvalue weighted by molar-refractivity contribution is 6.69. The zero-order chi connectivity index (χ0) is 19.2. The lowest BCUT2D eigenvalue weighted by atomic mass is 9.99. The molecule has 0 radical (unpaired) electrons. The normalized spacial score (nSPS) is 13.2. The Hall–Kier alpha value is -2.50. The first-order chi connectivity index (χ1) is 12.3. The Morgan fingerprint density at radius 1 is 0.923 bits per heavy atom. The molecule has 0 aliphatic heterocycles. The molecule has 2 aromatic rings. The van der Waals surface area contributed by atoms with Crippen molar-refractivity contribution in [3.8, 4) is 0 Å². The maximum atomic E-state index is 12.6. The van der Waals surface area contributed by atoms with E-state index < -0.39 is 20.4 Å². The Morgan fingerprint density at radius 3 is 1.96 bits per heavy atom. The van der Waals surface area contributed by atoms with Crippen molar-refractivity contribution in [2.24, 2.45) is 0 Å². The van der Waals surface area contributed by atoms with Crippen LogP contribution < -0.4 is 0 Å². The predicted molar refractivity (Wildman–Crippen MR) is 104 cm³/mol. The van der Waals surface area contributed by atoms with Crippen LogP contribution in [-0.2, 0) is 14.0 Å². The number of ether oxygens (including phenoxy) is 1. The lowest BCUT2D eigenvalue weighted by molar-refractivity contribution is -0.137. The van der Waals surface area contributed by atoms with Gasteiger partial charge in [-0.25, -0.2) is 4.79 Å². The van der Waals surface area contributed by atoms with E-state index in [1.54, 1.807) is 24.3 Å². The summed E-state index contributed by atoms with van der Waals surface area (Å²) in [6.07, 6.45) is 0.682. The van der Waals surface area contributed by atoms with Gasteiger partial charge < -0.3 is 9.16 Å². The highest BCUT2D eigenvalue weighted by Gasteiger charge is 2.30. The van der Waals surface area contributed by atoms with Crippen LogP contribution in [0.25, 0.3) is 0 Å². The van der Waals surface area contributed by atoms with Gasteiger partial charge in [0.15, 0.2) is 14.1 Å². The molecule has 4 nitrogen and oxygen atoms in total. The minimum Gasteiger partial charge on any atom is -0.466 e. The van der Waals surface area contributed by atoms with Crippen LogP contribution in [0.15, 0.2) is 72.3 Å². The number of esters is 1. The molecule has 0 aromatic heterocycles. The van der Waals surface area contributed by atoms with Gasteiger partial charge in [-0.1, -0.05) is 60.7 Å². The van der Waals surface area contributed by atoms with E-state index in [9.17, 15) is 9.59 Å². The van der Waals surface area contributed by atoms with Crippen molar-refractivity contribution in [3.05, 3.63) is 83.4 Å². The second-order valence-electron chi connectivity index (χ2n) is 6.84. The quantitative estimate of drug-likeness (QED) is 0.311.